The van der Waals surface area contributed by atoms with Crippen molar-refractivity contribution in [2.24, 2.45) is 0 Å². The summed E-state index contributed by atoms with van der Waals surface area (Å²) in [7, 11) is 0. The lowest BCUT2D eigenvalue weighted by Crippen LogP contribution is -2.87. The fourth-order valence-electron chi connectivity index (χ4n) is 2.42. The van der Waals surface area contributed by atoms with Gasteiger partial charge in [0.2, 0.25) is 0 Å². The molecule has 0 aliphatic carbocycles. The molecule has 1 amide bonds. The number of anilines is 1. The zero-order valence-electron chi connectivity index (χ0n) is 13.3. The lowest BCUT2D eigenvalue weighted by Gasteiger charge is -2.14. The zero-order valence-corrected chi connectivity index (χ0v) is 15.6. The van der Waals surface area contributed by atoms with Crippen LogP contribution in [0.2, 0.25) is 5.02 Å². The number of hydrogen-bond donors (Lipinski definition) is 2. The smallest absolute Gasteiger partial charge is 0.279 e. The third-order valence-corrected chi connectivity index (χ3v) is 4.57. The molecule has 0 aliphatic rings. The van der Waals surface area contributed by atoms with Crippen LogP contribution < -0.4 is 10.6 Å². The molecule has 0 aromatic heterocycles. The van der Waals surface area contributed by atoms with E-state index >= 15 is 0 Å². The molecule has 0 unspecified atom stereocenters. The predicted octanol–water partition coefficient (Wildman–Crippen LogP) is 4.06. The van der Waals surface area contributed by atoms with Gasteiger partial charge in [0.25, 0.3) is 5.91 Å². The second-order valence-electron chi connectivity index (χ2n) is 5.54. The maximum atomic E-state index is 12.1. The molecule has 0 aliphatic heterocycles. The molecule has 2 rings (SSSR count). The molecule has 23 heavy (non-hydrogen) atoms. The van der Waals surface area contributed by atoms with E-state index in [1.54, 1.807) is 0 Å². The normalized spacial score (nSPS) is 12.0. The highest BCUT2D eigenvalue weighted by molar-refractivity contribution is 9.10. The first-order valence-corrected chi connectivity index (χ1v) is 8.81. The van der Waals surface area contributed by atoms with Gasteiger partial charge in [-0.15, -0.1) is 0 Å². The Kier molecular flexibility index (Phi) is 6.63. The Balaban J connectivity index is 1.93. The van der Waals surface area contributed by atoms with Crippen LogP contribution in [0, 0.1) is 6.92 Å². The lowest BCUT2D eigenvalue weighted by atomic mass is 10.0. The van der Waals surface area contributed by atoms with Crippen molar-refractivity contribution in [1.29, 1.82) is 0 Å². The highest BCUT2D eigenvalue weighted by Crippen LogP contribution is 2.22. The first kappa shape index (κ1) is 18.0. The maximum absolute atomic E-state index is 12.1. The number of amides is 1. The van der Waals surface area contributed by atoms with E-state index in [1.165, 1.54) is 5.56 Å². The van der Waals surface area contributed by atoms with Gasteiger partial charge < -0.3 is 10.6 Å². The van der Waals surface area contributed by atoms with Crippen LogP contribution in [0.4, 0.5) is 5.69 Å². The second kappa shape index (κ2) is 8.48. The molecule has 1 atom stereocenters. The Morgan fingerprint density at radius 2 is 1.96 bits per heavy atom. The summed E-state index contributed by atoms with van der Waals surface area (Å²) in [5.41, 5.74) is 2.95. The van der Waals surface area contributed by atoms with Gasteiger partial charge in [0.1, 0.15) is 6.04 Å². The molecule has 0 saturated heterocycles. The molecule has 0 bridgehead atoms. The molecular formula is C18H21BrClN2O+. The van der Waals surface area contributed by atoms with Gasteiger partial charge in [-0.25, -0.2) is 0 Å². The zero-order chi connectivity index (χ0) is 16.8. The van der Waals surface area contributed by atoms with Crippen LogP contribution >= 0.6 is 27.5 Å². The van der Waals surface area contributed by atoms with Crippen LogP contribution in [-0.4, -0.2) is 12.5 Å². The van der Waals surface area contributed by atoms with Crippen molar-refractivity contribution in [2.75, 3.05) is 11.9 Å². The van der Waals surface area contributed by atoms with Crippen LogP contribution in [0.1, 0.15) is 30.5 Å². The first-order valence-electron chi connectivity index (χ1n) is 7.64. The van der Waals surface area contributed by atoms with E-state index in [9.17, 15) is 4.79 Å². The first-order chi connectivity index (χ1) is 11.0. The van der Waals surface area contributed by atoms with Crippen molar-refractivity contribution in [3.63, 3.8) is 0 Å². The lowest BCUT2D eigenvalue weighted by molar-refractivity contribution is -0.686. The number of nitrogens with two attached hydrogens (primary N) is 1. The van der Waals surface area contributed by atoms with Crippen molar-refractivity contribution in [3.8, 4) is 0 Å². The van der Waals surface area contributed by atoms with Crippen LogP contribution in [-0.2, 0) is 4.79 Å². The topological polar surface area (TPSA) is 45.7 Å². The Morgan fingerprint density at radius 3 is 2.57 bits per heavy atom. The minimum atomic E-state index is -0.0497. The molecule has 0 spiro atoms. The Bertz CT molecular complexity index is 673. The van der Waals surface area contributed by atoms with Gasteiger partial charge in [0.15, 0.2) is 6.54 Å². The third-order valence-electron chi connectivity index (χ3n) is 3.72. The van der Waals surface area contributed by atoms with Gasteiger partial charge in [-0.1, -0.05) is 52.7 Å². The van der Waals surface area contributed by atoms with Crippen LogP contribution in [0.5, 0.6) is 0 Å². The fourth-order valence-corrected chi connectivity index (χ4v) is 2.97. The van der Waals surface area contributed by atoms with Crippen molar-refractivity contribution in [2.45, 2.75) is 26.3 Å². The Labute approximate surface area is 150 Å². The van der Waals surface area contributed by atoms with Crippen molar-refractivity contribution >= 4 is 39.1 Å². The number of hydrogen-bond acceptors (Lipinski definition) is 1. The van der Waals surface area contributed by atoms with E-state index in [2.05, 4.69) is 45.6 Å². The summed E-state index contributed by atoms with van der Waals surface area (Å²) in [5.74, 6) is -0.0497. The number of halogens is 2. The van der Waals surface area contributed by atoms with Crippen molar-refractivity contribution in [1.82, 2.24) is 0 Å². The third kappa shape index (κ3) is 5.34. The summed E-state index contributed by atoms with van der Waals surface area (Å²) < 4.78 is 1.06. The molecule has 122 valence electrons. The number of quaternary nitrogens is 1. The van der Waals surface area contributed by atoms with E-state index in [0.29, 0.717) is 17.3 Å². The number of carbonyl (C=O) groups is 1. The maximum Gasteiger partial charge on any atom is 0.279 e. The number of nitrogens with one attached hydrogen (secondary N) is 1. The molecule has 0 heterocycles. The average Bonchev–Trinajstić information content (AvgIpc) is 2.52. The summed E-state index contributed by atoms with van der Waals surface area (Å²) >= 11 is 9.59. The standard InChI is InChI=1S/C18H20BrClN2O/c1-3-16(13-5-7-14(19)8-6-13)21-11-18(23)22-17-9-4-12(2)10-15(17)20/h4-10,16,21H,3,11H2,1-2H3,(H,22,23)/p+1/t16-/m1/s1. The SMILES string of the molecule is CC[C@@H]([NH2+]CC(=O)Nc1ccc(C)cc1Cl)c1ccc(Br)cc1. The molecule has 3 nitrogen and oxygen atoms in total. The molecule has 0 radical (unpaired) electrons. The summed E-state index contributed by atoms with van der Waals surface area (Å²) in [6.07, 6.45) is 0.959. The van der Waals surface area contributed by atoms with Gasteiger partial charge in [0.05, 0.1) is 10.7 Å². The van der Waals surface area contributed by atoms with Gasteiger partial charge in [-0.05, 0) is 36.8 Å². The summed E-state index contributed by atoms with van der Waals surface area (Å²) in [4.78, 5) is 12.1. The monoisotopic (exact) mass is 395 g/mol. The number of carbonyl (C=O) groups excluding carboxylic acids is 1. The van der Waals surface area contributed by atoms with Crippen molar-refractivity contribution < 1.29 is 10.1 Å². The Morgan fingerprint density at radius 1 is 1.26 bits per heavy atom. The highest BCUT2D eigenvalue weighted by atomic mass is 79.9. The van der Waals surface area contributed by atoms with Gasteiger partial charge in [-0.3, -0.25) is 4.79 Å². The second-order valence-corrected chi connectivity index (χ2v) is 6.86. The molecule has 0 saturated carbocycles. The molecule has 2 aromatic rings. The van der Waals surface area contributed by atoms with Crippen LogP contribution in [0.3, 0.4) is 0 Å². The summed E-state index contributed by atoms with van der Waals surface area (Å²) in [6, 6.07) is 14.1. The van der Waals surface area contributed by atoms with Crippen LogP contribution in [0.15, 0.2) is 46.9 Å². The van der Waals surface area contributed by atoms with Crippen LogP contribution in [0.25, 0.3) is 0 Å². The number of rotatable bonds is 6. The summed E-state index contributed by atoms with van der Waals surface area (Å²) in [5, 5.41) is 5.49. The van der Waals surface area contributed by atoms with E-state index in [4.69, 9.17) is 11.6 Å². The van der Waals surface area contributed by atoms with Gasteiger partial charge in [-0.2, -0.15) is 0 Å². The minimum absolute atomic E-state index is 0.0497. The fraction of sp³-hybridized carbons (Fsp3) is 0.278. The average molecular weight is 397 g/mol. The molecular weight excluding hydrogens is 376 g/mol. The number of benzene rings is 2. The Hall–Kier alpha value is -1.36. The highest BCUT2D eigenvalue weighted by Gasteiger charge is 2.15. The molecule has 3 N–H and O–H groups in total. The van der Waals surface area contributed by atoms with E-state index in [0.717, 1.165) is 16.5 Å². The minimum Gasteiger partial charge on any atom is -0.332 e. The van der Waals surface area contributed by atoms with Crippen molar-refractivity contribution in [3.05, 3.63) is 63.1 Å². The van der Waals surface area contributed by atoms with E-state index in [1.807, 2.05) is 37.3 Å². The predicted molar refractivity (Wildman–Crippen MR) is 98.8 cm³/mol. The number of aryl methyl sites for hydroxylation is 1. The quantitative estimate of drug-likeness (QED) is 0.760. The van der Waals surface area contributed by atoms with Gasteiger partial charge >= 0.3 is 0 Å². The molecule has 2 aromatic carbocycles. The van der Waals surface area contributed by atoms with Gasteiger partial charge in [0, 0.05) is 16.5 Å². The van der Waals surface area contributed by atoms with E-state index in [-0.39, 0.29) is 11.9 Å². The molecule has 5 heteroatoms. The summed E-state index contributed by atoms with van der Waals surface area (Å²) in [6.45, 7) is 4.45. The van der Waals surface area contributed by atoms with E-state index < -0.39 is 0 Å². The largest absolute Gasteiger partial charge is 0.332 e. The molecule has 0 fully saturated rings.